The molecule has 0 aliphatic heterocycles. The molecule has 0 aromatic rings. The van der Waals surface area contributed by atoms with Gasteiger partial charge in [-0.05, 0) is 125 Å². The van der Waals surface area contributed by atoms with Gasteiger partial charge in [-0.2, -0.15) is 0 Å². The molecule has 12 atom stereocenters. The van der Waals surface area contributed by atoms with Crippen molar-refractivity contribution in [2.75, 3.05) is 6.54 Å². The van der Waals surface area contributed by atoms with E-state index in [1.54, 1.807) is 0 Å². The van der Waals surface area contributed by atoms with Gasteiger partial charge in [0, 0.05) is 18.6 Å². The molecule has 0 heterocycles. The molecule has 3 N–H and O–H groups in total. The number of nitrogens with zero attached hydrogens (tertiary/aromatic N) is 1. The Hall–Kier alpha value is -0.130. The quantitative estimate of drug-likeness (QED) is 0.212. The zero-order valence-corrected chi connectivity index (χ0v) is 28.8. The largest absolute Gasteiger partial charge is 0.393 e. The molecular weight excluding hydrogens is 530 g/mol. The van der Waals surface area contributed by atoms with Gasteiger partial charge >= 0.3 is 0 Å². The summed E-state index contributed by atoms with van der Waals surface area (Å²) in [5.74, 6) is 4.70. The van der Waals surface area contributed by atoms with Crippen LogP contribution in [0.5, 0.6) is 0 Å². The maximum Gasteiger partial charge on any atom is 0.0664 e. The fourth-order valence-electron chi connectivity index (χ4n) is 10.5. The molecule has 41 heavy (non-hydrogen) atoms. The van der Waals surface area contributed by atoms with Crippen LogP contribution >= 0.6 is 12.4 Å². The Morgan fingerprint density at radius 1 is 0.805 bits per heavy atom. The summed E-state index contributed by atoms with van der Waals surface area (Å²) in [6.45, 7) is 21.3. The predicted octanol–water partition coefficient (Wildman–Crippen LogP) is 8.02. The fourth-order valence-corrected chi connectivity index (χ4v) is 10.5. The van der Waals surface area contributed by atoms with Crippen LogP contribution in [0.4, 0.5) is 0 Å². The summed E-state index contributed by atoms with van der Waals surface area (Å²) in [5, 5.41) is 32.1. The van der Waals surface area contributed by atoms with E-state index in [-0.39, 0.29) is 36.0 Å². The molecule has 0 spiro atoms. The van der Waals surface area contributed by atoms with Crippen LogP contribution in [-0.4, -0.2) is 57.2 Å². The lowest BCUT2D eigenvalue weighted by Gasteiger charge is -2.60. The number of halogens is 1. The highest BCUT2D eigenvalue weighted by atomic mass is 35.5. The molecule has 4 nitrogen and oxygen atoms in total. The first-order valence-corrected chi connectivity index (χ1v) is 17.2. The van der Waals surface area contributed by atoms with E-state index in [9.17, 15) is 15.3 Å². The van der Waals surface area contributed by atoms with E-state index in [0.717, 1.165) is 67.7 Å². The summed E-state index contributed by atoms with van der Waals surface area (Å²) >= 11 is 0. The lowest BCUT2D eigenvalue weighted by Crippen LogP contribution is -2.54. The third-order valence-electron chi connectivity index (χ3n) is 13.3. The minimum Gasteiger partial charge on any atom is -0.393 e. The first-order chi connectivity index (χ1) is 18.7. The Morgan fingerprint density at radius 3 is 2.02 bits per heavy atom. The molecule has 4 aliphatic carbocycles. The van der Waals surface area contributed by atoms with Gasteiger partial charge in [0.15, 0.2) is 0 Å². The molecular formula is C36H66ClNO3. The number of hydrogen-bond acceptors (Lipinski definition) is 4. The van der Waals surface area contributed by atoms with Crippen LogP contribution in [0, 0.1) is 46.3 Å². The SMILES string of the molecule is CC(C)CCC[C@@H](C)[C@H]1CC[C@H]2[C@@H]3CC(CN(C(C)C(C)O)C(C)C(C)O)=C4C[C@@H](O)CC[C@]4(C)[C@H]3CC[C@]12C.Cl. The summed E-state index contributed by atoms with van der Waals surface area (Å²) in [5.41, 5.74) is 3.69. The van der Waals surface area contributed by atoms with Gasteiger partial charge in [0.1, 0.15) is 0 Å². The van der Waals surface area contributed by atoms with Crippen LogP contribution in [0.25, 0.3) is 0 Å². The molecule has 0 radical (unpaired) electrons. The van der Waals surface area contributed by atoms with Gasteiger partial charge in [0.25, 0.3) is 0 Å². The highest BCUT2D eigenvalue weighted by Crippen LogP contribution is 2.68. The van der Waals surface area contributed by atoms with Crippen LogP contribution in [0.15, 0.2) is 11.1 Å². The maximum atomic E-state index is 10.9. The monoisotopic (exact) mass is 595 g/mol. The summed E-state index contributed by atoms with van der Waals surface area (Å²) in [4.78, 5) is 2.36. The molecule has 0 bridgehead atoms. The van der Waals surface area contributed by atoms with E-state index in [1.807, 2.05) is 13.8 Å². The van der Waals surface area contributed by atoms with Crippen molar-refractivity contribution in [3.63, 3.8) is 0 Å². The highest BCUT2D eigenvalue weighted by molar-refractivity contribution is 5.85. The molecule has 0 aromatic heterocycles. The molecule has 5 heteroatoms. The van der Waals surface area contributed by atoms with E-state index >= 15 is 0 Å². The normalized spacial score (nSPS) is 38.9. The summed E-state index contributed by atoms with van der Waals surface area (Å²) in [6, 6.07) is -0.0660. The van der Waals surface area contributed by atoms with Crippen molar-refractivity contribution in [2.45, 2.75) is 163 Å². The smallest absolute Gasteiger partial charge is 0.0664 e. The number of aliphatic hydroxyl groups excluding tert-OH is 3. The second-order valence-corrected chi connectivity index (χ2v) is 16.1. The van der Waals surface area contributed by atoms with Crippen LogP contribution in [0.2, 0.25) is 0 Å². The molecule has 240 valence electrons. The molecule has 3 fully saturated rings. The van der Waals surface area contributed by atoms with Crippen molar-refractivity contribution in [3.05, 3.63) is 11.1 Å². The lowest BCUT2D eigenvalue weighted by molar-refractivity contribution is -0.0624. The van der Waals surface area contributed by atoms with Gasteiger partial charge in [-0.25, -0.2) is 0 Å². The minimum absolute atomic E-state index is 0. The number of fused-ring (bicyclic) bond motifs is 5. The highest BCUT2D eigenvalue weighted by Gasteiger charge is 2.60. The molecule has 4 aliphatic rings. The van der Waals surface area contributed by atoms with Crippen LogP contribution in [0.1, 0.15) is 133 Å². The van der Waals surface area contributed by atoms with Gasteiger partial charge < -0.3 is 15.3 Å². The Balaban J connectivity index is 0.00000462. The fraction of sp³-hybridized carbons (Fsp3) is 0.944. The van der Waals surface area contributed by atoms with Crippen molar-refractivity contribution in [1.82, 2.24) is 4.90 Å². The molecule has 4 unspecified atom stereocenters. The van der Waals surface area contributed by atoms with Crippen molar-refractivity contribution in [2.24, 2.45) is 46.3 Å². The summed E-state index contributed by atoms with van der Waals surface area (Å²) in [6.07, 6.45) is 12.4. The molecule has 0 saturated heterocycles. The minimum atomic E-state index is -0.461. The van der Waals surface area contributed by atoms with Crippen molar-refractivity contribution in [1.29, 1.82) is 0 Å². The van der Waals surface area contributed by atoms with Gasteiger partial charge in [-0.1, -0.05) is 65.0 Å². The molecule has 4 rings (SSSR count). The lowest BCUT2D eigenvalue weighted by atomic mass is 9.46. The molecule has 0 aromatic carbocycles. The zero-order valence-electron chi connectivity index (χ0n) is 28.0. The topological polar surface area (TPSA) is 63.9 Å². The van der Waals surface area contributed by atoms with E-state index in [0.29, 0.717) is 5.41 Å². The van der Waals surface area contributed by atoms with Crippen LogP contribution in [-0.2, 0) is 0 Å². The number of aliphatic hydroxyl groups is 3. The molecule has 3 saturated carbocycles. The maximum absolute atomic E-state index is 10.9. The average molecular weight is 596 g/mol. The van der Waals surface area contributed by atoms with E-state index < -0.39 is 12.2 Å². The summed E-state index contributed by atoms with van der Waals surface area (Å²) in [7, 11) is 0. The van der Waals surface area contributed by atoms with Crippen LogP contribution < -0.4 is 0 Å². The average Bonchev–Trinajstić information content (AvgIpc) is 3.24. The third kappa shape index (κ3) is 6.92. The number of rotatable bonds is 11. The Kier molecular flexibility index (Phi) is 12.0. The van der Waals surface area contributed by atoms with Gasteiger partial charge in [0.05, 0.1) is 18.3 Å². The number of hydrogen-bond donors (Lipinski definition) is 3. The second kappa shape index (κ2) is 13.9. The van der Waals surface area contributed by atoms with Crippen molar-refractivity contribution < 1.29 is 15.3 Å². The van der Waals surface area contributed by atoms with E-state index in [2.05, 4.69) is 53.4 Å². The Labute approximate surface area is 259 Å². The van der Waals surface area contributed by atoms with E-state index in [1.165, 1.54) is 56.1 Å². The van der Waals surface area contributed by atoms with Gasteiger partial charge in [-0.3, -0.25) is 4.90 Å². The standard InChI is InChI=1S/C36H65NO3.ClH/c1-22(2)11-10-12-23(3)31-13-14-32-30-19-28(21-37(24(4)26(6)38)25(5)27(7)39)34-20-29(40)15-17-36(34,9)33(30)16-18-35(31,32)8;/h22-27,29-33,38-40H,10-21H2,1-9H3;1H/t23-,24?,25?,26?,27?,29+,30+,31-,32+,33+,35-,36-;/m1./s1. The first-order valence-electron chi connectivity index (χ1n) is 17.2. The van der Waals surface area contributed by atoms with E-state index in [4.69, 9.17) is 0 Å². The van der Waals surface area contributed by atoms with Gasteiger partial charge in [-0.15, -0.1) is 12.4 Å². The first kappa shape index (κ1) is 35.4. The zero-order chi connectivity index (χ0) is 29.6. The Morgan fingerprint density at radius 2 is 1.44 bits per heavy atom. The molecule has 0 amide bonds. The Bertz CT molecular complexity index is 874. The van der Waals surface area contributed by atoms with Crippen molar-refractivity contribution in [3.8, 4) is 0 Å². The second-order valence-electron chi connectivity index (χ2n) is 16.1. The predicted molar refractivity (Wildman–Crippen MR) is 174 cm³/mol. The summed E-state index contributed by atoms with van der Waals surface area (Å²) < 4.78 is 0. The third-order valence-corrected chi connectivity index (χ3v) is 13.3. The van der Waals surface area contributed by atoms with Crippen LogP contribution in [0.3, 0.4) is 0 Å². The van der Waals surface area contributed by atoms with Crippen molar-refractivity contribution >= 4 is 12.4 Å². The van der Waals surface area contributed by atoms with Gasteiger partial charge in [0.2, 0.25) is 0 Å².